The van der Waals surface area contributed by atoms with E-state index in [1.165, 1.54) is 19.2 Å². The summed E-state index contributed by atoms with van der Waals surface area (Å²) in [6.07, 6.45) is 5.28. The molecule has 0 fully saturated rings. The van der Waals surface area contributed by atoms with Gasteiger partial charge in [-0.05, 0) is 53.6 Å². The molecule has 0 aliphatic rings. The lowest BCUT2D eigenvalue weighted by Crippen LogP contribution is -1.87. The Hall–Kier alpha value is -4.52. The molecule has 0 unspecified atom stereocenters. The van der Waals surface area contributed by atoms with Crippen molar-refractivity contribution in [3.63, 3.8) is 0 Å². The van der Waals surface area contributed by atoms with Gasteiger partial charge >= 0.3 is 0 Å². The van der Waals surface area contributed by atoms with Crippen LogP contribution in [-0.4, -0.2) is 32.3 Å². The molecule has 2 N–H and O–H groups in total. The van der Waals surface area contributed by atoms with E-state index < -0.39 is 0 Å². The van der Waals surface area contributed by atoms with Gasteiger partial charge in [0, 0.05) is 40.3 Å². The molecule has 6 rings (SSSR count). The van der Waals surface area contributed by atoms with Crippen molar-refractivity contribution in [1.29, 1.82) is 0 Å². The first-order chi connectivity index (χ1) is 16.2. The number of ether oxygens (including phenoxy) is 1. The maximum Gasteiger partial charge on any atom is 0.127 e. The Kier molecular flexibility index (Phi) is 4.40. The fourth-order valence-corrected chi connectivity index (χ4v) is 4.17. The third-order valence-electron chi connectivity index (χ3n) is 5.76. The van der Waals surface area contributed by atoms with Crippen LogP contribution in [-0.2, 0) is 0 Å². The van der Waals surface area contributed by atoms with Crippen LogP contribution >= 0.6 is 0 Å². The van der Waals surface area contributed by atoms with Crippen molar-refractivity contribution < 1.29 is 9.13 Å². The smallest absolute Gasteiger partial charge is 0.127 e. The molecule has 33 heavy (non-hydrogen) atoms. The van der Waals surface area contributed by atoms with Crippen molar-refractivity contribution in [3.05, 3.63) is 85.1 Å². The van der Waals surface area contributed by atoms with E-state index in [0.717, 1.165) is 55.6 Å². The van der Waals surface area contributed by atoms with Crippen LogP contribution in [0.25, 0.3) is 55.6 Å². The zero-order valence-corrected chi connectivity index (χ0v) is 17.6. The molecule has 6 aromatic rings. The van der Waals surface area contributed by atoms with E-state index in [2.05, 4.69) is 25.1 Å². The molecular formula is C26H18FN5O. The maximum atomic E-state index is 14.2. The summed E-state index contributed by atoms with van der Waals surface area (Å²) in [5, 5.41) is 9.55. The topological polar surface area (TPSA) is 79.5 Å². The molecule has 6 nitrogen and oxygen atoms in total. The predicted octanol–water partition coefficient (Wildman–Crippen LogP) is 5.98. The Balaban J connectivity index is 1.50. The van der Waals surface area contributed by atoms with E-state index >= 15 is 0 Å². The summed E-state index contributed by atoms with van der Waals surface area (Å²) in [6.45, 7) is 0. The largest absolute Gasteiger partial charge is 0.497 e. The Bertz CT molecular complexity index is 1620. The van der Waals surface area contributed by atoms with Crippen LogP contribution in [0.1, 0.15) is 0 Å². The van der Waals surface area contributed by atoms with Gasteiger partial charge in [-0.15, -0.1) is 0 Å². The highest BCUT2D eigenvalue weighted by Crippen LogP contribution is 2.36. The van der Waals surface area contributed by atoms with Crippen molar-refractivity contribution in [2.75, 3.05) is 7.11 Å². The third kappa shape index (κ3) is 3.30. The lowest BCUT2D eigenvalue weighted by atomic mass is 10.0. The van der Waals surface area contributed by atoms with Crippen molar-refractivity contribution in [3.8, 4) is 39.5 Å². The summed E-state index contributed by atoms with van der Waals surface area (Å²) in [7, 11) is 1.53. The van der Waals surface area contributed by atoms with Gasteiger partial charge in [-0.25, -0.2) is 4.39 Å². The fraction of sp³-hybridized carbons (Fsp3) is 0.0385. The van der Waals surface area contributed by atoms with Gasteiger partial charge in [0.05, 0.1) is 30.2 Å². The Labute approximate surface area is 188 Å². The number of nitrogens with one attached hydrogen (secondary N) is 2. The molecule has 160 valence electrons. The normalized spacial score (nSPS) is 11.3. The minimum atomic E-state index is -0.341. The maximum absolute atomic E-state index is 14.2. The van der Waals surface area contributed by atoms with E-state index in [1.807, 2.05) is 48.5 Å². The quantitative estimate of drug-likeness (QED) is 0.357. The molecule has 0 atom stereocenters. The lowest BCUT2D eigenvalue weighted by molar-refractivity contribution is 0.411. The summed E-state index contributed by atoms with van der Waals surface area (Å²) in [4.78, 5) is 12.1. The second-order valence-electron chi connectivity index (χ2n) is 7.75. The van der Waals surface area contributed by atoms with E-state index in [9.17, 15) is 4.39 Å². The Morgan fingerprint density at radius 1 is 0.879 bits per heavy atom. The van der Waals surface area contributed by atoms with Gasteiger partial charge in [-0.1, -0.05) is 12.1 Å². The molecule has 0 bridgehead atoms. The van der Waals surface area contributed by atoms with Crippen LogP contribution in [0, 0.1) is 5.82 Å². The number of benzene rings is 2. The fourth-order valence-electron chi connectivity index (χ4n) is 4.17. The van der Waals surface area contributed by atoms with Crippen LogP contribution in [0.4, 0.5) is 4.39 Å². The highest BCUT2D eigenvalue weighted by molar-refractivity contribution is 6.01. The van der Waals surface area contributed by atoms with Crippen molar-refractivity contribution in [2.24, 2.45) is 0 Å². The van der Waals surface area contributed by atoms with Crippen molar-refractivity contribution in [2.45, 2.75) is 0 Å². The standard InChI is InChI=1S/C26H18FN5O/c1-33-18-10-16(9-17(27)11-18)19-3-2-4-22-20(19)12-24(30-22)26-21-13-23(15-5-7-28-8-6-15)29-14-25(21)31-32-26/h2-14,30H,1H3,(H,31,32). The molecule has 4 heterocycles. The van der Waals surface area contributed by atoms with E-state index in [0.29, 0.717) is 5.75 Å². The molecular weight excluding hydrogens is 417 g/mol. The molecule has 0 amide bonds. The first-order valence-electron chi connectivity index (χ1n) is 10.4. The SMILES string of the molecule is COc1cc(F)cc(-c2cccc3[nH]c(-c4n[nH]c5cnc(-c6ccncc6)cc45)cc23)c1. The molecule has 0 aliphatic carbocycles. The number of nitrogens with zero attached hydrogens (tertiary/aromatic N) is 3. The summed E-state index contributed by atoms with van der Waals surface area (Å²) in [6, 6.07) is 18.6. The van der Waals surface area contributed by atoms with Crippen LogP contribution in [0.3, 0.4) is 0 Å². The number of aromatic nitrogens is 5. The molecule has 0 spiro atoms. The molecule has 0 radical (unpaired) electrons. The van der Waals surface area contributed by atoms with E-state index in [-0.39, 0.29) is 5.82 Å². The predicted molar refractivity (Wildman–Crippen MR) is 126 cm³/mol. The number of fused-ring (bicyclic) bond motifs is 2. The number of H-pyrrole nitrogens is 2. The van der Waals surface area contributed by atoms with Gasteiger partial charge < -0.3 is 9.72 Å². The summed E-state index contributed by atoms with van der Waals surface area (Å²) >= 11 is 0. The van der Waals surface area contributed by atoms with Gasteiger partial charge in [0.15, 0.2) is 0 Å². The lowest BCUT2D eigenvalue weighted by Gasteiger charge is -2.07. The summed E-state index contributed by atoms with van der Waals surface area (Å²) in [5.74, 6) is 0.138. The van der Waals surface area contributed by atoms with Crippen LogP contribution in [0.2, 0.25) is 0 Å². The third-order valence-corrected chi connectivity index (χ3v) is 5.76. The van der Waals surface area contributed by atoms with Gasteiger partial charge in [0.1, 0.15) is 17.3 Å². The summed E-state index contributed by atoms with van der Waals surface area (Å²) in [5.41, 5.74) is 6.92. The number of hydrogen-bond donors (Lipinski definition) is 2. The molecule has 7 heteroatoms. The molecule has 0 saturated carbocycles. The Morgan fingerprint density at radius 2 is 1.76 bits per heavy atom. The van der Waals surface area contributed by atoms with E-state index in [4.69, 9.17) is 4.74 Å². The average Bonchev–Trinajstić information content (AvgIpc) is 3.47. The number of aromatic amines is 2. The van der Waals surface area contributed by atoms with Gasteiger partial charge in [-0.2, -0.15) is 5.10 Å². The first kappa shape index (κ1) is 19.2. The zero-order valence-electron chi connectivity index (χ0n) is 17.6. The van der Waals surface area contributed by atoms with Gasteiger partial charge in [-0.3, -0.25) is 15.1 Å². The molecule has 0 saturated heterocycles. The molecule has 0 aliphatic heterocycles. The van der Waals surface area contributed by atoms with Crippen LogP contribution in [0.15, 0.2) is 79.3 Å². The number of pyridine rings is 2. The van der Waals surface area contributed by atoms with Crippen LogP contribution in [0.5, 0.6) is 5.75 Å². The second kappa shape index (κ2) is 7.56. The highest BCUT2D eigenvalue weighted by Gasteiger charge is 2.15. The number of halogens is 1. The monoisotopic (exact) mass is 435 g/mol. The van der Waals surface area contributed by atoms with E-state index in [1.54, 1.807) is 18.6 Å². The minimum Gasteiger partial charge on any atom is -0.497 e. The molecule has 2 aromatic carbocycles. The van der Waals surface area contributed by atoms with Crippen molar-refractivity contribution in [1.82, 2.24) is 25.1 Å². The number of methoxy groups -OCH3 is 1. The second-order valence-corrected chi connectivity index (χ2v) is 7.75. The minimum absolute atomic E-state index is 0.341. The van der Waals surface area contributed by atoms with Crippen molar-refractivity contribution >= 4 is 21.8 Å². The zero-order chi connectivity index (χ0) is 22.4. The van der Waals surface area contributed by atoms with Gasteiger partial charge in [0.2, 0.25) is 0 Å². The summed E-state index contributed by atoms with van der Waals surface area (Å²) < 4.78 is 19.4. The number of rotatable bonds is 4. The molecule has 4 aromatic heterocycles. The van der Waals surface area contributed by atoms with Crippen LogP contribution < -0.4 is 4.74 Å². The first-order valence-corrected chi connectivity index (χ1v) is 10.4. The van der Waals surface area contributed by atoms with Gasteiger partial charge in [0.25, 0.3) is 0 Å². The number of hydrogen-bond acceptors (Lipinski definition) is 4. The Morgan fingerprint density at radius 3 is 2.61 bits per heavy atom. The average molecular weight is 435 g/mol. The highest BCUT2D eigenvalue weighted by atomic mass is 19.1.